The number of aromatic carboxylic acids is 1. The van der Waals surface area contributed by atoms with Crippen molar-refractivity contribution in [2.24, 2.45) is 0 Å². The molecular formula is C10H8F3N3O2. The van der Waals surface area contributed by atoms with E-state index in [1.807, 2.05) is 0 Å². The minimum atomic E-state index is -4.28. The highest BCUT2D eigenvalue weighted by Crippen LogP contribution is 2.21. The van der Waals surface area contributed by atoms with Gasteiger partial charge in [0, 0.05) is 12.6 Å². The molecule has 0 spiro atoms. The predicted molar refractivity (Wildman–Crippen MR) is 54.3 cm³/mol. The van der Waals surface area contributed by atoms with Crippen LogP contribution < -0.4 is 0 Å². The average Bonchev–Trinajstić information content (AvgIpc) is 2.67. The van der Waals surface area contributed by atoms with Gasteiger partial charge in [-0.2, -0.15) is 13.2 Å². The molecule has 1 N–H and O–H groups in total. The van der Waals surface area contributed by atoms with Crippen molar-refractivity contribution in [3.05, 3.63) is 29.7 Å². The van der Waals surface area contributed by atoms with Gasteiger partial charge in [-0.05, 0) is 12.1 Å². The molecule has 0 aliphatic carbocycles. The third-order valence-electron chi connectivity index (χ3n) is 2.35. The Bertz CT molecular complexity index is 592. The normalized spacial score (nSPS) is 11.9. The van der Waals surface area contributed by atoms with Gasteiger partial charge < -0.3 is 5.11 Å². The highest BCUT2D eigenvalue weighted by atomic mass is 19.4. The van der Waals surface area contributed by atoms with Crippen LogP contribution in [0.2, 0.25) is 0 Å². The third kappa shape index (κ3) is 2.58. The summed E-state index contributed by atoms with van der Waals surface area (Å²) in [5.41, 5.74) is 0.285. The Morgan fingerprint density at radius 3 is 2.67 bits per heavy atom. The molecule has 2 aromatic heterocycles. The molecule has 2 aromatic rings. The van der Waals surface area contributed by atoms with Crippen LogP contribution in [0.5, 0.6) is 0 Å². The van der Waals surface area contributed by atoms with Gasteiger partial charge in [0.2, 0.25) is 0 Å². The average molecular weight is 259 g/mol. The van der Waals surface area contributed by atoms with Crippen molar-refractivity contribution in [3.8, 4) is 0 Å². The van der Waals surface area contributed by atoms with Crippen LogP contribution in [0.25, 0.3) is 5.65 Å². The first-order chi connectivity index (χ1) is 8.37. The second-order valence-electron chi connectivity index (χ2n) is 3.68. The van der Waals surface area contributed by atoms with E-state index in [9.17, 15) is 18.0 Å². The van der Waals surface area contributed by atoms with Crippen LogP contribution in [-0.2, 0) is 6.42 Å². The van der Waals surface area contributed by atoms with Crippen LogP contribution in [0.1, 0.15) is 22.6 Å². The lowest BCUT2D eigenvalue weighted by molar-refractivity contribution is -0.134. The molecule has 18 heavy (non-hydrogen) atoms. The number of carboxylic acids is 1. The summed E-state index contributed by atoms with van der Waals surface area (Å²) in [7, 11) is 0. The van der Waals surface area contributed by atoms with Gasteiger partial charge in [0.05, 0.1) is 12.0 Å². The van der Waals surface area contributed by atoms with Crippen LogP contribution in [0.4, 0.5) is 13.2 Å². The van der Waals surface area contributed by atoms with E-state index in [1.54, 1.807) is 0 Å². The Balaban J connectivity index is 2.33. The molecule has 0 unspecified atom stereocenters. The molecule has 0 atom stereocenters. The molecular weight excluding hydrogens is 251 g/mol. The molecule has 0 saturated carbocycles. The first-order valence-electron chi connectivity index (χ1n) is 5.00. The fraction of sp³-hybridized carbons (Fsp3) is 0.300. The van der Waals surface area contributed by atoms with E-state index in [1.165, 1.54) is 22.7 Å². The fourth-order valence-electron chi connectivity index (χ4n) is 1.49. The van der Waals surface area contributed by atoms with E-state index >= 15 is 0 Å². The predicted octanol–water partition coefficient (Wildman–Crippen LogP) is 1.92. The maximum atomic E-state index is 12.1. The number of rotatable bonds is 3. The molecule has 0 saturated heterocycles. The molecule has 0 bridgehead atoms. The van der Waals surface area contributed by atoms with Crippen molar-refractivity contribution in [2.75, 3.05) is 0 Å². The smallest absolute Gasteiger partial charge is 0.389 e. The highest BCUT2D eigenvalue weighted by Gasteiger charge is 2.27. The molecule has 8 heteroatoms. The van der Waals surface area contributed by atoms with E-state index in [0.717, 1.165) is 0 Å². The Morgan fingerprint density at radius 1 is 1.33 bits per heavy atom. The number of alkyl halides is 3. The zero-order chi connectivity index (χ0) is 13.3. The largest absolute Gasteiger partial charge is 0.478 e. The van der Waals surface area contributed by atoms with Crippen molar-refractivity contribution in [1.82, 2.24) is 14.6 Å². The number of nitrogens with zero attached hydrogens (tertiary/aromatic N) is 3. The second kappa shape index (κ2) is 4.28. The molecule has 0 aliphatic heterocycles. The van der Waals surface area contributed by atoms with E-state index in [4.69, 9.17) is 5.11 Å². The number of carboxylic acid groups (broad SMARTS) is 1. The van der Waals surface area contributed by atoms with Gasteiger partial charge in [0.25, 0.3) is 0 Å². The van der Waals surface area contributed by atoms with Crippen LogP contribution in [0.15, 0.2) is 18.3 Å². The number of aromatic nitrogens is 3. The van der Waals surface area contributed by atoms with E-state index in [2.05, 4.69) is 10.2 Å². The minimum absolute atomic E-state index is 0.0319. The quantitative estimate of drug-likeness (QED) is 0.914. The van der Waals surface area contributed by atoms with Gasteiger partial charge in [-0.15, -0.1) is 10.2 Å². The minimum Gasteiger partial charge on any atom is -0.478 e. The first kappa shape index (κ1) is 12.3. The van der Waals surface area contributed by atoms with Crippen LogP contribution in [0.3, 0.4) is 0 Å². The van der Waals surface area contributed by atoms with Crippen LogP contribution in [-0.4, -0.2) is 31.9 Å². The zero-order valence-corrected chi connectivity index (χ0v) is 8.98. The third-order valence-corrected chi connectivity index (χ3v) is 2.35. The number of hydrogen-bond acceptors (Lipinski definition) is 3. The number of aryl methyl sites for hydroxylation is 1. The molecule has 0 fully saturated rings. The molecule has 0 aliphatic rings. The summed E-state index contributed by atoms with van der Waals surface area (Å²) < 4.78 is 37.6. The second-order valence-corrected chi connectivity index (χ2v) is 3.68. The number of carbonyl (C=O) groups is 1. The number of fused-ring (bicyclic) bond motifs is 1. The summed E-state index contributed by atoms with van der Waals surface area (Å²) in [4.78, 5) is 10.8. The first-order valence-corrected chi connectivity index (χ1v) is 5.00. The summed E-state index contributed by atoms with van der Waals surface area (Å²) in [5.74, 6) is -1.07. The summed E-state index contributed by atoms with van der Waals surface area (Å²) in [6.45, 7) is 0. The van der Waals surface area contributed by atoms with Gasteiger partial charge in [-0.3, -0.25) is 4.40 Å². The monoisotopic (exact) mass is 259 g/mol. The summed E-state index contributed by atoms with van der Waals surface area (Å²) >= 11 is 0. The Morgan fingerprint density at radius 2 is 2.06 bits per heavy atom. The molecule has 0 aromatic carbocycles. The summed E-state index contributed by atoms with van der Waals surface area (Å²) in [5, 5.41) is 16.1. The van der Waals surface area contributed by atoms with Crippen molar-refractivity contribution in [2.45, 2.75) is 19.0 Å². The van der Waals surface area contributed by atoms with E-state index in [-0.39, 0.29) is 17.8 Å². The van der Waals surface area contributed by atoms with Crippen LogP contribution in [0, 0.1) is 0 Å². The maximum Gasteiger partial charge on any atom is 0.389 e. The topological polar surface area (TPSA) is 67.5 Å². The van der Waals surface area contributed by atoms with Crippen molar-refractivity contribution in [3.63, 3.8) is 0 Å². The lowest BCUT2D eigenvalue weighted by Crippen LogP contribution is -2.10. The lowest BCUT2D eigenvalue weighted by Gasteiger charge is -2.04. The Hall–Kier alpha value is -2.12. The molecule has 0 radical (unpaired) electrons. The standard InChI is InChI=1S/C10H8F3N3O2/c11-10(12,13)4-3-8-15-14-7-2-1-6(9(17)18)5-16(7)8/h1-2,5H,3-4H2,(H,17,18). The number of halogens is 3. The van der Waals surface area contributed by atoms with Crippen molar-refractivity contribution >= 4 is 11.6 Å². The number of hydrogen-bond donors (Lipinski definition) is 1. The fourth-order valence-corrected chi connectivity index (χ4v) is 1.49. The number of pyridine rings is 1. The van der Waals surface area contributed by atoms with Gasteiger partial charge in [-0.25, -0.2) is 4.79 Å². The Kier molecular flexibility index (Phi) is 2.93. The molecule has 2 heterocycles. The van der Waals surface area contributed by atoms with Crippen molar-refractivity contribution in [1.29, 1.82) is 0 Å². The lowest BCUT2D eigenvalue weighted by atomic mass is 10.2. The Labute approximate surface area is 98.9 Å². The summed E-state index contributed by atoms with van der Waals surface area (Å²) in [6, 6.07) is 2.72. The molecule has 0 amide bonds. The molecule has 2 rings (SSSR count). The molecule has 5 nitrogen and oxygen atoms in total. The van der Waals surface area contributed by atoms with Crippen molar-refractivity contribution < 1.29 is 23.1 Å². The van der Waals surface area contributed by atoms with Gasteiger partial charge in [-0.1, -0.05) is 0 Å². The SMILES string of the molecule is O=C(O)c1ccc2nnc(CCC(F)(F)F)n2c1. The summed E-state index contributed by atoms with van der Waals surface area (Å²) in [6.07, 6.45) is -4.43. The maximum absolute atomic E-state index is 12.1. The van der Waals surface area contributed by atoms with Gasteiger partial charge in [0.1, 0.15) is 5.82 Å². The molecule has 96 valence electrons. The zero-order valence-electron chi connectivity index (χ0n) is 8.98. The van der Waals surface area contributed by atoms with Gasteiger partial charge >= 0.3 is 12.1 Å². The van der Waals surface area contributed by atoms with E-state index in [0.29, 0.717) is 5.65 Å². The van der Waals surface area contributed by atoms with E-state index < -0.39 is 18.6 Å². The van der Waals surface area contributed by atoms with Crippen LogP contribution >= 0.6 is 0 Å². The van der Waals surface area contributed by atoms with Gasteiger partial charge in [0.15, 0.2) is 5.65 Å². The highest BCUT2D eigenvalue weighted by molar-refractivity contribution is 5.87.